The van der Waals surface area contributed by atoms with Gasteiger partial charge in [-0.3, -0.25) is 4.79 Å². The van der Waals surface area contributed by atoms with Crippen LogP contribution < -0.4 is 5.32 Å². The molecule has 0 aliphatic carbocycles. The van der Waals surface area contributed by atoms with Crippen molar-refractivity contribution in [2.24, 2.45) is 0 Å². The van der Waals surface area contributed by atoms with E-state index in [4.69, 9.17) is 11.6 Å². The lowest BCUT2D eigenvalue weighted by atomic mass is 10.0. The molecule has 4 nitrogen and oxygen atoms in total. The van der Waals surface area contributed by atoms with Crippen molar-refractivity contribution in [2.45, 2.75) is 26.7 Å². The van der Waals surface area contributed by atoms with Crippen LogP contribution in [0, 0.1) is 13.8 Å². The number of nitrogens with one attached hydrogen (secondary N) is 1. The quantitative estimate of drug-likeness (QED) is 0.943. The molecule has 5 heteroatoms. The molecule has 0 aliphatic rings. The van der Waals surface area contributed by atoms with E-state index in [1.54, 1.807) is 13.0 Å². The number of nitrogens with zero attached hydrogens (tertiary/aromatic N) is 2. The maximum absolute atomic E-state index is 12.1. The van der Waals surface area contributed by atoms with Gasteiger partial charge in [-0.2, -0.15) is 0 Å². The van der Waals surface area contributed by atoms with Crippen LogP contribution in [-0.2, 0) is 0 Å². The highest BCUT2D eigenvalue weighted by atomic mass is 35.5. The number of hydrogen-bond acceptors (Lipinski definition) is 3. The number of benzene rings is 1. The van der Waals surface area contributed by atoms with Crippen LogP contribution in [0.3, 0.4) is 0 Å². The fourth-order valence-electron chi connectivity index (χ4n) is 2.08. The lowest BCUT2D eigenvalue weighted by Crippen LogP contribution is -2.28. The van der Waals surface area contributed by atoms with Crippen LogP contribution in [0.5, 0.6) is 0 Å². The lowest BCUT2D eigenvalue weighted by Gasteiger charge is -2.13. The van der Waals surface area contributed by atoms with Gasteiger partial charge >= 0.3 is 0 Å². The van der Waals surface area contributed by atoms with E-state index in [9.17, 15) is 4.79 Å². The van der Waals surface area contributed by atoms with E-state index in [-0.39, 0.29) is 11.8 Å². The van der Waals surface area contributed by atoms with Gasteiger partial charge in [0.25, 0.3) is 5.91 Å². The van der Waals surface area contributed by atoms with Gasteiger partial charge in [0.2, 0.25) is 0 Å². The Morgan fingerprint density at radius 3 is 2.52 bits per heavy atom. The molecule has 1 heterocycles. The summed E-state index contributed by atoms with van der Waals surface area (Å²) in [6, 6.07) is 9.34. The third-order valence-electron chi connectivity index (χ3n) is 3.21. The van der Waals surface area contributed by atoms with Gasteiger partial charge in [0.1, 0.15) is 11.5 Å². The third kappa shape index (κ3) is 4.26. The molecule has 1 aromatic carbocycles. The second kappa shape index (κ2) is 6.68. The Morgan fingerprint density at radius 2 is 1.90 bits per heavy atom. The number of carbonyl (C=O) groups excluding carboxylic acids is 1. The number of hydrogen-bond donors (Lipinski definition) is 1. The van der Waals surface area contributed by atoms with E-state index in [1.807, 2.05) is 31.2 Å². The Labute approximate surface area is 129 Å². The molecular formula is C16H18ClN3O. The Hall–Kier alpha value is -1.94. The van der Waals surface area contributed by atoms with Crippen molar-refractivity contribution in [1.29, 1.82) is 0 Å². The van der Waals surface area contributed by atoms with Crippen LogP contribution in [0.15, 0.2) is 30.3 Å². The number of amides is 1. The first-order valence-electron chi connectivity index (χ1n) is 6.81. The number of carbonyl (C=O) groups is 1. The summed E-state index contributed by atoms with van der Waals surface area (Å²) in [4.78, 5) is 20.4. The third-order valence-corrected chi connectivity index (χ3v) is 3.46. The number of rotatable bonds is 4. The molecule has 2 rings (SSSR count). The molecule has 0 radical (unpaired) electrons. The van der Waals surface area contributed by atoms with E-state index in [2.05, 4.69) is 22.2 Å². The molecule has 1 aromatic heterocycles. The van der Waals surface area contributed by atoms with Gasteiger partial charge in [-0.05, 0) is 43.5 Å². The van der Waals surface area contributed by atoms with Gasteiger partial charge in [-0.25, -0.2) is 9.97 Å². The fourth-order valence-corrected chi connectivity index (χ4v) is 2.20. The van der Waals surface area contributed by atoms with Gasteiger partial charge in [0.15, 0.2) is 0 Å². The zero-order valence-corrected chi connectivity index (χ0v) is 13.1. The SMILES string of the molecule is Cc1cc(C(=O)NCC(C)c2ccc(Cl)cc2)nc(C)n1. The van der Waals surface area contributed by atoms with E-state index < -0.39 is 0 Å². The van der Waals surface area contributed by atoms with Crippen molar-refractivity contribution in [1.82, 2.24) is 15.3 Å². The highest BCUT2D eigenvalue weighted by Gasteiger charge is 2.11. The molecule has 1 amide bonds. The molecule has 0 saturated heterocycles. The van der Waals surface area contributed by atoms with Gasteiger partial charge in [0.05, 0.1) is 0 Å². The predicted molar refractivity (Wildman–Crippen MR) is 83.7 cm³/mol. The summed E-state index contributed by atoms with van der Waals surface area (Å²) in [6.07, 6.45) is 0. The maximum Gasteiger partial charge on any atom is 0.270 e. The van der Waals surface area contributed by atoms with Crippen LogP contribution in [-0.4, -0.2) is 22.4 Å². The van der Waals surface area contributed by atoms with Gasteiger partial charge in [-0.15, -0.1) is 0 Å². The van der Waals surface area contributed by atoms with Gasteiger partial charge < -0.3 is 5.32 Å². The van der Waals surface area contributed by atoms with Gasteiger partial charge in [-0.1, -0.05) is 30.7 Å². The van der Waals surface area contributed by atoms with Crippen molar-refractivity contribution < 1.29 is 4.79 Å². The second-order valence-corrected chi connectivity index (χ2v) is 5.54. The Kier molecular flexibility index (Phi) is 4.91. The minimum atomic E-state index is -0.176. The number of halogens is 1. The topological polar surface area (TPSA) is 54.9 Å². The van der Waals surface area contributed by atoms with Crippen LogP contribution in [0.4, 0.5) is 0 Å². The first kappa shape index (κ1) is 15.4. The first-order valence-corrected chi connectivity index (χ1v) is 7.19. The van der Waals surface area contributed by atoms with Crippen LogP contribution in [0.2, 0.25) is 5.02 Å². The fraction of sp³-hybridized carbons (Fsp3) is 0.312. The highest BCUT2D eigenvalue weighted by molar-refractivity contribution is 6.30. The molecule has 1 unspecified atom stereocenters. The summed E-state index contributed by atoms with van der Waals surface area (Å²) in [7, 11) is 0. The van der Waals surface area contributed by atoms with Crippen molar-refractivity contribution in [3.8, 4) is 0 Å². The number of aromatic nitrogens is 2. The smallest absolute Gasteiger partial charge is 0.270 e. The molecule has 0 bridgehead atoms. The molecular weight excluding hydrogens is 286 g/mol. The summed E-state index contributed by atoms with van der Waals surface area (Å²) in [6.45, 7) is 6.23. The molecule has 21 heavy (non-hydrogen) atoms. The first-order chi connectivity index (χ1) is 9.95. The monoisotopic (exact) mass is 303 g/mol. The van der Waals surface area contributed by atoms with Crippen molar-refractivity contribution in [3.05, 3.63) is 58.1 Å². The maximum atomic E-state index is 12.1. The average molecular weight is 304 g/mol. The Bertz CT molecular complexity index is 620. The van der Waals surface area contributed by atoms with E-state index in [0.29, 0.717) is 23.1 Å². The molecule has 2 aromatic rings. The van der Waals surface area contributed by atoms with Crippen molar-refractivity contribution in [3.63, 3.8) is 0 Å². The molecule has 1 N–H and O–H groups in total. The minimum Gasteiger partial charge on any atom is -0.350 e. The Morgan fingerprint density at radius 1 is 1.24 bits per heavy atom. The normalized spacial score (nSPS) is 12.0. The highest BCUT2D eigenvalue weighted by Crippen LogP contribution is 2.17. The average Bonchev–Trinajstić information content (AvgIpc) is 2.44. The number of aryl methyl sites for hydroxylation is 2. The summed E-state index contributed by atoms with van der Waals surface area (Å²) in [5.74, 6) is 0.630. The standard InChI is InChI=1S/C16H18ClN3O/c1-10(13-4-6-14(17)7-5-13)9-18-16(21)15-8-11(2)19-12(3)20-15/h4-8,10H,9H2,1-3H3,(H,18,21). The van der Waals surface area contributed by atoms with Gasteiger partial charge in [0, 0.05) is 17.3 Å². The zero-order valence-electron chi connectivity index (χ0n) is 12.4. The largest absolute Gasteiger partial charge is 0.350 e. The zero-order chi connectivity index (χ0) is 15.4. The molecule has 0 aliphatic heterocycles. The van der Waals surface area contributed by atoms with Crippen molar-refractivity contribution >= 4 is 17.5 Å². The molecule has 0 fully saturated rings. The molecule has 0 spiro atoms. The van der Waals surface area contributed by atoms with E-state index in [0.717, 1.165) is 11.3 Å². The van der Waals surface area contributed by atoms with Crippen LogP contribution >= 0.6 is 11.6 Å². The lowest BCUT2D eigenvalue weighted by molar-refractivity contribution is 0.0946. The summed E-state index contributed by atoms with van der Waals surface area (Å²) < 4.78 is 0. The predicted octanol–water partition coefficient (Wildman–Crippen LogP) is 3.28. The van der Waals surface area contributed by atoms with Crippen molar-refractivity contribution in [2.75, 3.05) is 6.54 Å². The summed E-state index contributed by atoms with van der Waals surface area (Å²) in [5.41, 5.74) is 2.33. The molecule has 110 valence electrons. The van der Waals surface area contributed by atoms with E-state index in [1.165, 1.54) is 0 Å². The second-order valence-electron chi connectivity index (χ2n) is 5.10. The minimum absolute atomic E-state index is 0.176. The molecule has 0 saturated carbocycles. The molecule has 1 atom stereocenters. The Balaban J connectivity index is 1.98. The van der Waals surface area contributed by atoms with Crippen LogP contribution in [0.25, 0.3) is 0 Å². The van der Waals surface area contributed by atoms with Crippen LogP contribution in [0.1, 0.15) is 40.4 Å². The van der Waals surface area contributed by atoms with E-state index >= 15 is 0 Å². The summed E-state index contributed by atoms with van der Waals surface area (Å²) in [5, 5.41) is 3.61. The summed E-state index contributed by atoms with van der Waals surface area (Å²) >= 11 is 5.87.